The van der Waals surface area contributed by atoms with Gasteiger partial charge >= 0.3 is 11.9 Å². The number of rotatable bonds is 5. The van der Waals surface area contributed by atoms with Crippen molar-refractivity contribution in [3.63, 3.8) is 0 Å². The Bertz CT molecular complexity index is 1070. The second-order valence-corrected chi connectivity index (χ2v) is 5.76. The summed E-state index contributed by atoms with van der Waals surface area (Å²) in [5.41, 5.74) is -1.41. The molecule has 1 aromatic heterocycles. The maximum atomic E-state index is 12.7. The van der Waals surface area contributed by atoms with Gasteiger partial charge in [0.25, 0.3) is 0 Å². The van der Waals surface area contributed by atoms with E-state index in [1.54, 1.807) is 18.2 Å². The third kappa shape index (κ3) is 4.18. The summed E-state index contributed by atoms with van der Waals surface area (Å²) < 4.78 is 43.3. The van der Waals surface area contributed by atoms with Gasteiger partial charge in [-0.25, -0.2) is 9.97 Å². The Hall–Kier alpha value is -3.89. The molecule has 2 aromatic carbocycles. The minimum Gasteiger partial charge on any atom is -0.506 e. The molecule has 1 heterocycles. The molecule has 0 saturated carbocycles. The van der Waals surface area contributed by atoms with E-state index in [1.807, 2.05) is 0 Å². The average molecular weight is 406 g/mol. The first-order chi connectivity index (χ1) is 13.7. The smallest absolute Gasteiger partial charge is 0.416 e. The number of ether oxygens (including phenoxy) is 1. The van der Waals surface area contributed by atoms with Crippen molar-refractivity contribution in [1.29, 1.82) is 0 Å². The summed E-state index contributed by atoms with van der Waals surface area (Å²) >= 11 is 0. The van der Waals surface area contributed by atoms with Crippen LogP contribution >= 0.6 is 0 Å². The Morgan fingerprint density at radius 1 is 1.17 bits per heavy atom. The maximum absolute atomic E-state index is 12.7. The molecular weight excluding hydrogens is 393 g/mol. The van der Waals surface area contributed by atoms with Crippen molar-refractivity contribution in [3.8, 4) is 22.8 Å². The molecule has 8 nitrogen and oxygen atoms in total. The third-order valence-corrected chi connectivity index (χ3v) is 3.93. The highest BCUT2D eigenvalue weighted by Crippen LogP contribution is 2.39. The number of nitrogens with zero attached hydrogens (tertiary/aromatic N) is 3. The molecule has 11 heteroatoms. The van der Waals surface area contributed by atoms with Crippen LogP contribution in [0.5, 0.6) is 11.5 Å². The summed E-state index contributed by atoms with van der Waals surface area (Å²) in [6, 6.07) is 8.59. The Kier molecular flexibility index (Phi) is 5.22. The number of nitro groups is 1. The Morgan fingerprint density at radius 3 is 2.55 bits per heavy atom. The van der Waals surface area contributed by atoms with E-state index in [-0.39, 0.29) is 17.2 Å². The van der Waals surface area contributed by atoms with Gasteiger partial charge in [0.1, 0.15) is 17.8 Å². The first-order valence-electron chi connectivity index (χ1n) is 8.01. The van der Waals surface area contributed by atoms with Gasteiger partial charge in [0.2, 0.25) is 5.82 Å². The molecular formula is C18H13F3N4O4. The van der Waals surface area contributed by atoms with Crippen LogP contribution in [-0.4, -0.2) is 27.1 Å². The molecule has 0 aliphatic rings. The molecule has 3 rings (SSSR count). The van der Waals surface area contributed by atoms with Gasteiger partial charge in [-0.05, 0) is 30.3 Å². The summed E-state index contributed by atoms with van der Waals surface area (Å²) in [7, 11) is 1.44. The molecule has 2 N–H and O–H groups in total. The lowest BCUT2D eigenvalue weighted by Gasteiger charge is -2.12. The van der Waals surface area contributed by atoms with Crippen LogP contribution in [0.4, 0.5) is 30.4 Å². The van der Waals surface area contributed by atoms with Gasteiger partial charge in [-0.3, -0.25) is 10.1 Å². The number of halogens is 3. The maximum Gasteiger partial charge on any atom is 0.416 e. The Labute approximate surface area is 161 Å². The van der Waals surface area contributed by atoms with Crippen LogP contribution < -0.4 is 10.1 Å². The van der Waals surface area contributed by atoms with Gasteiger partial charge < -0.3 is 15.2 Å². The lowest BCUT2D eigenvalue weighted by Crippen LogP contribution is -2.06. The van der Waals surface area contributed by atoms with Crippen LogP contribution in [0, 0.1) is 10.1 Å². The molecule has 0 aliphatic carbocycles. The van der Waals surface area contributed by atoms with E-state index >= 15 is 0 Å². The molecule has 0 bridgehead atoms. The Morgan fingerprint density at radius 2 is 1.93 bits per heavy atom. The van der Waals surface area contributed by atoms with Crippen LogP contribution in [0.3, 0.4) is 0 Å². The monoisotopic (exact) mass is 406 g/mol. The normalized spacial score (nSPS) is 11.2. The summed E-state index contributed by atoms with van der Waals surface area (Å²) in [5, 5.41) is 24.1. The highest BCUT2D eigenvalue weighted by Gasteiger charge is 2.31. The van der Waals surface area contributed by atoms with Crippen LogP contribution in [0.1, 0.15) is 5.56 Å². The van der Waals surface area contributed by atoms with Crippen molar-refractivity contribution in [1.82, 2.24) is 9.97 Å². The fraction of sp³-hybridized carbons (Fsp3) is 0.111. The van der Waals surface area contributed by atoms with Crippen molar-refractivity contribution in [2.45, 2.75) is 6.18 Å². The number of phenols is 1. The van der Waals surface area contributed by atoms with Crippen LogP contribution in [-0.2, 0) is 6.18 Å². The number of anilines is 2. The van der Waals surface area contributed by atoms with E-state index in [9.17, 15) is 28.4 Å². The van der Waals surface area contributed by atoms with Gasteiger partial charge in [0, 0.05) is 5.56 Å². The number of benzene rings is 2. The third-order valence-electron chi connectivity index (χ3n) is 3.93. The zero-order valence-corrected chi connectivity index (χ0v) is 14.8. The highest BCUT2D eigenvalue weighted by molar-refractivity contribution is 5.80. The zero-order chi connectivity index (χ0) is 21.2. The zero-order valence-electron chi connectivity index (χ0n) is 14.8. The fourth-order valence-electron chi connectivity index (χ4n) is 2.57. The number of methoxy groups -OCH3 is 1. The summed E-state index contributed by atoms with van der Waals surface area (Å²) in [6.07, 6.45) is -3.58. The van der Waals surface area contributed by atoms with Crippen molar-refractivity contribution < 1.29 is 27.9 Å². The molecule has 0 aliphatic heterocycles. The van der Waals surface area contributed by atoms with E-state index in [0.29, 0.717) is 17.4 Å². The van der Waals surface area contributed by atoms with Crippen molar-refractivity contribution in [2.24, 2.45) is 0 Å². The predicted molar refractivity (Wildman–Crippen MR) is 97.1 cm³/mol. The predicted octanol–water partition coefficient (Wildman–Crippen LogP) is 4.53. The molecule has 0 unspecified atom stereocenters. The number of aromatic hydroxyl groups is 1. The number of hydrogen-bond donors (Lipinski definition) is 2. The van der Waals surface area contributed by atoms with Crippen molar-refractivity contribution >= 4 is 17.2 Å². The molecule has 0 radical (unpaired) electrons. The number of phenolic OH excluding ortho intramolecular Hbond substituents is 1. The average Bonchev–Trinajstić information content (AvgIpc) is 2.68. The van der Waals surface area contributed by atoms with Crippen LogP contribution in [0.2, 0.25) is 0 Å². The van der Waals surface area contributed by atoms with Crippen LogP contribution in [0.25, 0.3) is 11.3 Å². The van der Waals surface area contributed by atoms with E-state index in [2.05, 4.69) is 15.3 Å². The number of hydrogen-bond acceptors (Lipinski definition) is 7. The van der Waals surface area contributed by atoms with Gasteiger partial charge in [0.05, 0.1) is 23.3 Å². The van der Waals surface area contributed by atoms with Gasteiger partial charge in [0.15, 0.2) is 5.69 Å². The van der Waals surface area contributed by atoms with E-state index in [4.69, 9.17) is 4.74 Å². The minimum atomic E-state index is -4.64. The van der Waals surface area contributed by atoms with Gasteiger partial charge in [-0.1, -0.05) is 12.1 Å². The standard InChI is InChI=1S/C18H13F3N4O4/c1-29-12-4-2-3-10(7-12)15-16(25(27)28)17(23-9-22-15)24-13-6-5-11(8-14(13)26)18(19,20)21/h2-9,26H,1H3,(H,22,23,24). The topological polar surface area (TPSA) is 110 Å². The number of alkyl halides is 3. The van der Waals surface area contributed by atoms with Crippen molar-refractivity contribution in [3.05, 3.63) is 64.5 Å². The highest BCUT2D eigenvalue weighted by atomic mass is 19.4. The second-order valence-electron chi connectivity index (χ2n) is 5.76. The molecule has 3 aromatic rings. The number of aromatic nitrogens is 2. The van der Waals surface area contributed by atoms with Gasteiger partial charge in [-0.2, -0.15) is 13.2 Å². The number of nitrogens with one attached hydrogen (secondary N) is 1. The fourth-order valence-corrected chi connectivity index (χ4v) is 2.57. The second kappa shape index (κ2) is 7.62. The lowest BCUT2D eigenvalue weighted by molar-refractivity contribution is -0.383. The van der Waals surface area contributed by atoms with Gasteiger partial charge in [-0.15, -0.1) is 0 Å². The van der Waals surface area contributed by atoms with Crippen molar-refractivity contribution in [2.75, 3.05) is 12.4 Å². The minimum absolute atomic E-state index is 0.0298. The molecule has 29 heavy (non-hydrogen) atoms. The lowest BCUT2D eigenvalue weighted by atomic mass is 10.1. The molecule has 0 fully saturated rings. The van der Waals surface area contributed by atoms with E-state index < -0.39 is 28.1 Å². The molecule has 0 spiro atoms. The summed E-state index contributed by atoms with van der Waals surface area (Å²) in [5.74, 6) is -0.584. The summed E-state index contributed by atoms with van der Waals surface area (Å²) in [4.78, 5) is 18.7. The molecule has 150 valence electrons. The van der Waals surface area contributed by atoms with Crippen LogP contribution in [0.15, 0.2) is 48.8 Å². The first kappa shape index (κ1) is 19.9. The quantitative estimate of drug-likeness (QED) is 0.364. The Balaban J connectivity index is 2.06. The SMILES string of the molecule is COc1cccc(-c2ncnc(Nc3ccc(C(F)(F)F)cc3O)c2[N+](=O)[O-])c1. The first-order valence-corrected chi connectivity index (χ1v) is 8.01. The largest absolute Gasteiger partial charge is 0.506 e. The van der Waals surface area contributed by atoms with E-state index in [0.717, 1.165) is 18.5 Å². The molecule has 0 amide bonds. The summed E-state index contributed by atoms with van der Waals surface area (Å²) in [6.45, 7) is 0. The molecule has 0 atom stereocenters. The molecule has 0 saturated heterocycles. The van der Waals surface area contributed by atoms with E-state index in [1.165, 1.54) is 13.2 Å².